The second-order valence-corrected chi connectivity index (χ2v) is 6.07. The van der Waals surface area contributed by atoms with Crippen molar-refractivity contribution >= 4 is 11.5 Å². The van der Waals surface area contributed by atoms with E-state index < -0.39 is 5.97 Å². The molecule has 24 heavy (non-hydrogen) atoms. The predicted molar refractivity (Wildman–Crippen MR) is 95.3 cm³/mol. The van der Waals surface area contributed by atoms with Gasteiger partial charge < -0.3 is 5.11 Å². The van der Waals surface area contributed by atoms with E-state index in [1.165, 1.54) is 11.1 Å². The van der Waals surface area contributed by atoms with Gasteiger partial charge in [-0.25, -0.2) is 4.52 Å². The van der Waals surface area contributed by atoms with Crippen LogP contribution < -0.4 is 0 Å². The summed E-state index contributed by atoms with van der Waals surface area (Å²) in [6, 6.07) is 10.7. The molecule has 0 atom stereocenters. The molecule has 124 valence electrons. The minimum Gasteiger partial charge on any atom is -0.481 e. The van der Waals surface area contributed by atoms with Crippen molar-refractivity contribution in [3.8, 4) is 11.1 Å². The number of aliphatic carboxylic acids is 1. The normalized spacial score (nSPS) is 11.1. The van der Waals surface area contributed by atoms with Crippen LogP contribution in [0.3, 0.4) is 0 Å². The van der Waals surface area contributed by atoms with Gasteiger partial charge in [0.15, 0.2) is 0 Å². The first kappa shape index (κ1) is 16.2. The fraction of sp³-hybridized carbons (Fsp3) is 0.300. The van der Waals surface area contributed by atoms with Crippen LogP contribution in [0.2, 0.25) is 0 Å². The van der Waals surface area contributed by atoms with Crippen molar-refractivity contribution < 1.29 is 9.90 Å². The van der Waals surface area contributed by atoms with Gasteiger partial charge in [-0.2, -0.15) is 5.10 Å². The second kappa shape index (κ2) is 6.87. The molecule has 0 bridgehead atoms. The van der Waals surface area contributed by atoms with E-state index in [0.29, 0.717) is 0 Å². The number of carbonyl (C=O) groups is 1. The smallest absolute Gasteiger partial charge is 0.307 e. The van der Waals surface area contributed by atoms with Crippen molar-refractivity contribution in [2.24, 2.45) is 0 Å². The van der Waals surface area contributed by atoms with Crippen LogP contribution in [0, 0.1) is 0 Å². The van der Waals surface area contributed by atoms with Gasteiger partial charge in [0.05, 0.1) is 18.1 Å². The molecule has 0 unspecified atom stereocenters. The van der Waals surface area contributed by atoms with Crippen LogP contribution in [0.25, 0.3) is 16.6 Å². The molecule has 2 aromatic heterocycles. The van der Waals surface area contributed by atoms with E-state index in [0.717, 1.165) is 41.5 Å². The molecular formula is C20H22N2O2. The summed E-state index contributed by atoms with van der Waals surface area (Å²) in [7, 11) is 0. The molecule has 1 N–H and O–H groups in total. The SMILES string of the molecule is CCCc1ccc(-c2ccn3ncc(CC(=O)O)c3c2)cc1CC. The molecule has 0 spiro atoms. The Hall–Kier alpha value is -2.62. The Morgan fingerprint density at radius 3 is 2.58 bits per heavy atom. The number of aromatic nitrogens is 2. The Labute approximate surface area is 141 Å². The molecule has 2 heterocycles. The fourth-order valence-electron chi connectivity index (χ4n) is 3.16. The zero-order chi connectivity index (χ0) is 17.1. The molecule has 0 amide bonds. The first-order valence-corrected chi connectivity index (χ1v) is 8.42. The van der Waals surface area contributed by atoms with Gasteiger partial charge in [0.25, 0.3) is 0 Å². The Bertz CT molecular complexity index is 880. The molecule has 0 saturated heterocycles. The summed E-state index contributed by atoms with van der Waals surface area (Å²) in [6.07, 6.45) is 6.78. The molecule has 1 aromatic carbocycles. The van der Waals surface area contributed by atoms with Crippen LogP contribution in [-0.4, -0.2) is 20.7 Å². The summed E-state index contributed by atoms with van der Waals surface area (Å²) in [5.41, 5.74) is 6.64. The highest BCUT2D eigenvalue weighted by Gasteiger charge is 2.10. The highest BCUT2D eigenvalue weighted by atomic mass is 16.4. The molecule has 4 heteroatoms. The van der Waals surface area contributed by atoms with Crippen molar-refractivity contribution in [1.82, 2.24) is 9.61 Å². The zero-order valence-corrected chi connectivity index (χ0v) is 14.1. The fourth-order valence-corrected chi connectivity index (χ4v) is 3.16. The summed E-state index contributed by atoms with van der Waals surface area (Å²) in [5, 5.41) is 13.3. The molecule has 0 aliphatic carbocycles. The number of nitrogens with zero attached hydrogens (tertiary/aromatic N) is 2. The number of benzene rings is 1. The molecule has 0 saturated carbocycles. The predicted octanol–water partition coefficient (Wildman–Crippen LogP) is 4.14. The summed E-state index contributed by atoms with van der Waals surface area (Å²) in [4.78, 5) is 11.0. The zero-order valence-electron chi connectivity index (χ0n) is 14.1. The number of carboxylic acids is 1. The number of aryl methyl sites for hydroxylation is 2. The van der Waals surface area contributed by atoms with Crippen molar-refractivity contribution in [2.45, 2.75) is 39.5 Å². The minimum absolute atomic E-state index is 0.0113. The van der Waals surface area contributed by atoms with E-state index in [-0.39, 0.29) is 6.42 Å². The van der Waals surface area contributed by atoms with E-state index in [9.17, 15) is 4.79 Å². The average molecular weight is 322 g/mol. The van der Waals surface area contributed by atoms with E-state index in [1.807, 2.05) is 18.3 Å². The van der Waals surface area contributed by atoms with Crippen molar-refractivity contribution in [3.05, 3.63) is 59.4 Å². The molecule has 0 radical (unpaired) electrons. The standard InChI is InChI=1S/C20H22N2O2/c1-3-5-15-6-7-16(10-14(15)4-2)17-8-9-22-19(11-17)18(13-21-22)12-20(23)24/h6-11,13H,3-5,12H2,1-2H3,(H,23,24). The van der Waals surface area contributed by atoms with Gasteiger partial charge >= 0.3 is 5.97 Å². The number of carboxylic acid groups (broad SMARTS) is 1. The van der Waals surface area contributed by atoms with Gasteiger partial charge in [-0.15, -0.1) is 0 Å². The Kier molecular flexibility index (Phi) is 4.65. The van der Waals surface area contributed by atoms with Crippen LogP contribution in [0.15, 0.2) is 42.7 Å². The molecular weight excluding hydrogens is 300 g/mol. The third-order valence-corrected chi connectivity index (χ3v) is 4.38. The maximum absolute atomic E-state index is 11.0. The van der Waals surface area contributed by atoms with Gasteiger partial charge in [0.2, 0.25) is 0 Å². The summed E-state index contributed by atoms with van der Waals surface area (Å²) in [6.45, 7) is 4.38. The third-order valence-electron chi connectivity index (χ3n) is 4.38. The molecule has 0 aliphatic rings. The number of hydrogen-bond acceptors (Lipinski definition) is 2. The lowest BCUT2D eigenvalue weighted by Crippen LogP contribution is -1.99. The summed E-state index contributed by atoms with van der Waals surface area (Å²) >= 11 is 0. The molecule has 0 fully saturated rings. The first-order chi connectivity index (χ1) is 11.6. The van der Waals surface area contributed by atoms with E-state index >= 15 is 0 Å². The molecule has 3 aromatic rings. The maximum Gasteiger partial charge on any atom is 0.307 e. The van der Waals surface area contributed by atoms with Gasteiger partial charge in [0, 0.05) is 11.8 Å². The van der Waals surface area contributed by atoms with Gasteiger partial charge in [-0.3, -0.25) is 4.79 Å². The Balaban J connectivity index is 2.04. The quantitative estimate of drug-likeness (QED) is 0.742. The Morgan fingerprint density at radius 1 is 1.08 bits per heavy atom. The van der Waals surface area contributed by atoms with Crippen molar-refractivity contribution in [3.63, 3.8) is 0 Å². The maximum atomic E-state index is 11.0. The van der Waals surface area contributed by atoms with Gasteiger partial charge in [0.1, 0.15) is 0 Å². The van der Waals surface area contributed by atoms with Crippen molar-refractivity contribution in [2.75, 3.05) is 0 Å². The van der Waals surface area contributed by atoms with Crippen LogP contribution in [-0.2, 0) is 24.1 Å². The Morgan fingerprint density at radius 2 is 1.88 bits per heavy atom. The monoisotopic (exact) mass is 322 g/mol. The molecule has 3 rings (SSSR count). The lowest BCUT2D eigenvalue weighted by atomic mass is 9.95. The summed E-state index contributed by atoms with van der Waals surface area (Å²) in [5.74, 6) is -0.840. The minimum atomic E-state index is -0.840. The van der Waals surface area contributed by atoms with Gasteiger partial charge in [-0.1, -0.05) is 38.5 Å². The van der Waals surface area contributed by atoms with E-state index in [1.54, 1.807) is 10.7 Å². The largest absolute Gasteiger partial charge is 0.481 e. The average Bonchev–Trinajstić information content (AvgIpc) is 2.97. The lowest BCUT2D eigenvalue weighted by molar-refractivity contribution is -0.136. The second-order valence-electron chi connectivity index (χ2n) is 6.07. The topological polar surface area (TPSA) is 54.6 Å². The van der Waals surface area contributed by atoms with Crippen LogP contribution in [0.4, 0.5) is 0 Å². The van der Waals surface area contributed by atoms with Crippen LogP contribution in [0.1, 0.15) is 37.0 Å². The number of pyridine rings is 1. The third kappa shape index (κ3) is 3.18. The van der Waals surface area contributed by atoms with Gasteiger partial charge in [-0.05, 0) is 47.2 Å². The first-order valence-electron chi connectivity index (χ1n) is 8.42. The highest BCUT2D eigenvalue weighted by Crippen LogP contribution is 2.26. The number of rotatable bonds is 6. The highest BCUT2D eigenvalue weighted by molar-refractivity contribution is 5.77. The lowest BCUT2D eigenvalue weighted by Gasteiger charge is -2.10. The number of fused-ring (bicyclic) bond motifs is 1. The summed E-state index contributed by atoms with van der Waals surface area (Å²) < 4.78 is 1.73. The molecule has 0 aliphatic heterocycles. The van der Waals surface area contributed by atoms with Crippen LogP contribution in [0.5, 0.6) is 0 Å². The molecule has 4 nitrogen and oxygen atoms in total. The van der Waals surface area contributed by atoms with E-state index in [2.05, 4.69) is 37.1 Å². The van der Waals surface area contributed by atoms with E-state index in [4.69, 9.17) is 5.11 Å². The number of hydrogen-bond donors (Lipinski definition) is 1. The van der Waals surface area contributed by atoms with Crippen LogP contribution >= 0.6 is 0 Å². The van der Waals surface area contributed by atoms with Crippen molar-refractivity contribution in [1.29, 1.82) is 0 Å².